The first-order valence-corrected chi connectivity index (χ1v) is 14.5. The SMILES string of the molecule is c1ccc(C2=NC(c3cccc4oc5cc(-c6ccc(-c7ccccc7)cc6)ccc5c34)NC(c3ccccc3)=N2)cc1. The lowest BCUT2D eigenvalue weighted by molar-refractivity contribution is 0.662. The van der Waals surface area contributed by atoms with Crippen molar-refractivity contribution in [2.24, 2.45) is 9.98 Å². The molecule has 4 nitrogen and oxygen atoms in total. The van der Waals surface area contributed by atoms with E-state index in [9.17, 15) is 0 Å². The van der Waals surface area contributed by atoms with E-state index in [0.717, 1.165) is 55.6 Å². The third-order valence-corrected chi connectivity index (χ3v) is 7.97. The Morgan fingerprint density at radius 3 is 1.77 bits per heavy atom. The third kappa shape index (κ3) is 4.69. The molecular formula is C39H27N3O. The van der Waals surface area contributed by atoms with Crippen LogP contribution >= 0.6 is 0 Å². The minimum atomic E-state index is -0.336. The Morgan fingerprint density at radius 1 is 0.488 bits per heavy atom. The van der Waals surface area contributed by atoms with Gasteiger partial charge in [-0.2, -0.15) is 0 Å². The fraction of sp³-hybridized carbons (Fsp3) is 0.0256. The first-order chi connectivity index (χ1) is 21.3. The average molecular weight is 554 g/mol. The van der Waals surface area contributed by atoms with Gasteiger partial charge in [-0.25, -0.2) is 9.98 Å². The molecule has 204 valence electrons. The van der Waals surface area contributed by atoms with E-state index >= 15 is 0 Å². The van der Waals surface area contributed by atoms with E-state index in [1.54, 1.807) is 0 Å². The summed E-state index contributed by atoms with van der Waals surface area (Å²) in [5.41, 5.74) is 9.42. The molecule has 4 heteroatoms. The Labute approximate surface area is 249 Å². The lowest BCUT2D eigenvalue weighted by Crippen LogP contribution is -2.33. The number of aliphatic imine (C=N–C) groups is 2. The standard InChI is InChI=1S/C39H27N3O/c1-4-11-26(12-5-1)27-19-21-28(22-20-27)31-23-24-32-35(25-31)43-34-18-10-17-33(36(32)34)39-41-37(29-13-6-2-7-14-29)40-38(42-39)30-15-8-3-9-16-30/h1-25,39H,(H,40,41,42). The highest BCUT2D eigenvalue weighted by molar-refractivity contribution is 6.14. The van der Waals surface area contributed by atoms with E-state index in [1.807, 2.05) is 54.6 Å². The second kappa shape index (κ2) is 10.6. The Bertz CT molecular complexity index is 2130. The van der Waals surface area contributed by atoms with Crippen molar-refractivity contribution in [2.75, 3.05) is 0 Å². The summed E-state index contributed by atoms with van der Waals surface area (Å²) in [5, 5.41) is 5.74. The number of benzene rings is 6. The van der Waals surface area contributed by atoms with Gasteiger partial charge in [0, 0.05) is 27.5 Å². The zero-order valence-corrected chi connectivity index (χ0v) is 23.3. The van der Waals surface area contributed by atoms with Crippen molar-refractivity contribution < 1.29 is 4.42 Å². The molecule has 0 fully saturated rings. The molecule has 0 saturated heterocycles. The van der Waals surface area contributed by atoms with E-state index in [0.29, 0.717) is 5.84 Å². The average Bonchev–Trinajstić information content (AvgIpc) is 3.47. The van der Waals surface area contributed by atoms with Crippen molar-refractivity contribution >= 4 is 33.6 Å². The van der Waals surface area contributed by atoms with E-state index in [1.165, 1.54) is 11.1 Å². The number of hydrogen-bond donors (Lipinski definition) is 1. The quantitative estimate of drug-likeness (QED) is 0.231. The predicted molar refractivity (Wildman–Crippen MR) is 176 cm³/mol. The van der Waals surface area contributed by atoms with Crippen LogP contribution in [-0.2, 0) is 0 Å². The lowest BCUT2D eigenvalue weighted by Gasteiger charge is -2.24. The first-order valence-electron chi connectivity index (χ1n) is 14.5. The van der Waals surface area contributed by atoms with Crippen molar-refractivity contribution in [1.29, 1.82) is 0 Å². The van der Waals surface area contributed by atoms with Gasteiger partial charge in [0.05, 0.1) is 0 Å². The van der Waals surface area contributed by atoms with Crippen LogP contribution in [0.15, 0.2) is 166 Å². The Balaban J connectivity index is 1.20. The molecule has 0 radical (unpaired) electrons. The number of rotatable bonds is 5. The van der Waals surface area contributed by atoms with Crippen LogP contribution in [0, 0.1) is 0 Å². The second-order valence-corrected chi connectivity index (χ2v) is 10.7. The van der Waals surface area contributed by atoms with Crippen LogP contribution in [0.2, 0.25) is 0 Å². The molecule has 7 aromatic rings. The zero-order chi connectivity index (χ0) is 28.6. The highest BCUT2D eigenvalue weighted by Gasteiger charge is 2.24. The summed E-state index contributed by atoms with van der Waals surface area (Å²) in [4.78, 5) is 10.0. The summed E-state index contributed by atoms with van der Waals surface area (Å²) in [6.45, 7) is 0. The molecule has 1 unspecified atom stereocenters. The number of hydrogen-bond acceptors (Lipinski definition) is 4. The molecule has 1 aliphatic rings. The summed E-state index contributed by atoms with van der Waals surface area (Å²) in [7, 11) is 0. The molecule has 0 amide bonds. The molecule has 1 atom stereocenters. The number of fused-ring (bicyclic) bond motifs is 3. The molecule has 2 heterocycles. The molecule has 1 N–H and O–H groups in total. The lowest BCUT2D eigenvalue weighted by atomic mass is 9.98. The van der Waals surface area contributed by atoms with Crippen molar-refractivity contribution in [3.05, 3.63) is 168 Å². The predicted octanol–water partition coefficient (Wildman–Crippen LogP) is 9.42. The topological polar surface area (TPSA) is 49.9 Å². The van der Waals surface area contributed by atoms with Crippen molar-refractivity contribution in [3.8, 4) is 22.3 Å². The molecule has 1 aliphatic heterocycles. The Morgan fingerprint density at radius 2 is 1.07 bits per heavy atom. The van der Waals surface area contributed by atoms with Gasteiger partial charge in [0.15, 0.2) is 5.84 Å². The fourth-order valence-corrected chi connectivity index (χ4v) is 5.81. The Hall–Kier alpha value is -5.74. The molecule has 0 saturated carbocycles. The Kier molecular flexibility index (Phi) is 6.16. The zero-order valence-electron chi connectivity index (χ0n) is 23.3. The number of furan rings is 1. The van der Waals surface area contributed by atoms with Crippen molar-refractivity contribution in [3.63, 3.8) is 0 Å². The molecule has 0 bridgehead atoms. The summed E-state index contributed by atoms with van der Waals surface area (Å²) in [6.07, 6.45) is -0.336. The van der Waals surface area contributed by atoms with Crippen LogP contribution in [0.1, 0.15) is 22.9 Å². The summed E-state index contributed by atoms with van der Waals surface area (Å²) in [5.74, 6) is 1.50. The van der Waals surface area contributed by atoms with E-state index in [2.05, 4.69) is 102 Å². The van der Waals surface area contributed by atoms with E-state index < -0.39 is 0 Å². The second-order valence-electron chi connectivity index (χ2n) is 10.7. The molecular weight excluding hydrogens is 526 g/mol. The monoisotopic (exact) mass is 553 g/mol. The summed E-state index contributed by atoms with van der Waals surface area (Å²) < 4.78 is 6.46. The van der Waals surface area contributed by atoms with Gasteiger partial charge in [0.2, 0.25) is 0 Å². The number of nitrogens with zero attached hydrogens (tertiary/aromatic N) is 2. The highest BCUT2D eigenvalue weighted by Crippen LogP contribution is 2.37. The van der Waals surface area contributed by atoms with Crippen LogP contribution in [0.3, 0.4) is 0 Å². The summed E-state index contributed by atoms with van der Waals surface area (Å²) >= 11 is 0. The van der Waals surface area contributed by atoms with Crippen LogP contribution in [-0.4, -0.2) is 11.7 Å². The molecule has 8 rings (SSSR count). The maximum absolute atomic E-state index is 6.46. The molecule has 1 aromatic heterocycles. The van der Waals surface area contributed by atoms with Gasteiger partial charge >= 0.3 is 0 Å². The normalized spacial score (nSPS) is 14.7. The van der Waals surface area contributed by atoms with Crippen molar-refractivity contribution in [1.82, 2.24) is 5.32 Å². The number of nitrogens with one attached hydrogen (secondary N) is 1. The summed E-state index contributed by atoms with van der Waals surface area (Å²) in [6, 6.07) is 52.2. The minimum Gasteiger partial charge on any atom is -0.456 e. The minimum absolute atomic E-state index is 0.336. The van der Waals surface area contributed by atoms with Gasteiger partial charge < -0.3 is 9.73 Å². The first kappa shape index (κ1) is 25.0. The maximum atomic E-state index is 6.46. The van der Waals surface area contributed by atoms with Gasteiger partial charge in [0.1, 0.15) is 23.2 Å². The highest BCUT2D eigenvalue weighted by atomic mass is 16.3. The van der Waals surface area contributed by atoms with Crippen LogP contribution in [0.4, 0.5) is 0 Å². The van der Waals surface area contributed by atoms with Gasteiger partial charge in [0.25, 0.3) is 0 Å². The van der Waals surface area contributed by atoms with Gasteiger partial charge in [-0.15, -0.1) is 0 Å². The van der Waals surface area contributed by atoms with Crippen LogP contribution in [0.5, 0.6) is 0 Å². The van der Waals surface area contributed by atoms with Gasteiger partial charge in [-0.3, -0.25) is 0 Å². The largest absolute Gasteiger partial charge is 0.456 e. The third-order valence-electron chi connectivity index (χ3n) is 7.97. The van der Waals surface area contributed by atoms with E-state index in [-0.39, 0.29) is 6.17 Å². The fourth-order valence-electron chi connectivity index (χ4n) is 5.81. The van der Waals surface area contributed by atoms with Crippen LogP contribution in [0.25, 0.3) is 44.2 Å². The van der Waals surface area contributed by atoms with Gasteiger partial charge in [-0.05, 0) is 40.5 Å². The molecule has 43 heavy (non-hydrogen) atoms. The number of amidine groups is 2. The van der Waals surface area contributed by atoms with Crippen LogP contribution < -0.4 is 5.32 Å². The molecule has 6 aromatic carbocycles. The van der Waals surface area contributed by atoms with E-state index in [4.69, 9.17) is 14.4 Å². The maximum Gasteiger partial charge on any atom is 0.159 e. The van der Waals surface area contributed by atoms with Crippen molar-refractivity contribution in [2.45, 2.75) is 6.17 Å². The molecule has 0 spiro atoms. The molecule has 0 aliphatic carbocycles. The van der Waals surface area contributed by atoms with Gasteiger partial charge in [-0.1, -0.05) is 133 Å². The smallest absolute Gasteiger partial charge is 0.159 e.